The Kier molecular flexibility index (Phi) is 4.80. The number of carbonyl (C=O) groups excluding carboxylic acids is 2. The summed E-state index contributed by atoms with van der Waals surface area (Å²) in [5.41, 5.74) is 6.08. The first-order valence-electron chi connectivity index (χ1n) is 7.29. The topological polar surface area (TPSA) is 84.0 Å². The number of thiazole rings is 1. The van der Waals surface area contributed by atoms with E-state index in [9.17, 15) is 14.0 Å². The maximum Gasteiger partial charge on any atom is 0.281 e. The van der Waals surface area contributed by atoms with Gasteiger partial charge in [0.25, 0.3) is 11.8 Å². The molecule has 0 bridgehead atoms. The Bertz CT molecular complexity index is 910. The van der Waals surface area contributed by atoms with Crippen LogP contribution in [0.25, 0.3) is 10.7 Å². The van der Waals surface area contributed by atoms with E-state index in [2.05, 4.69) is 20.8 Å². The van der Waals surface area contributed by atoms with Crippen LogP contribution in [0.1, 0.15) is 25.7 Å². The second-order valence-electron chi connectivity index (χ2n) is 5.06. The van der Waals surface area contributed by atoms with Crippen LogP contribution in [0.15, 0.2) is 48.7 Å². The third-order valence-corrected chi connectivity index (χ3v) is 4.46. The molecule has 0 aliphatic heterocycles. The average Bonchev–Trinajstić information content (AvgIpc) is 3.02. The number of pyridine rings is 1. The van der Waals surface area contributed by atoms with E-state index >= 15 is 0 Å². The molecule has 0 radical (unpaired) electrons. The molecule has 6 nitrogen and oxygen atoms in total. The third kappa shape index (κ3) is 3.86. The lowest BCUT2D eigenvalue weighted by Gasteiger charge is -2.06. The molecule has 25 heavy (non-hydrogen) atoms. The lowest BCUT2D eigenvalue weighted by Crippen LogP contribution is -2.41. The number of halogens is 1. The zero-order valence-corrected chi connectivity index (χ0v) is 13.9. The predicted molar refractivity (Wildman–Crippen MR) is 91.4 cm³/mol. The predicted octanol–water partition coefficient (Wildman–Crippen LogP) is 2.73. The van der Waals surface area contributed by atoms with Crippen LogP contribution in [-0.2, 0) is 0 Å². The largest absolute Gasteiger partial charge is 0.281 e. The van der Waals surface area contributed by atoms with Gasteiger partial charge < -0.3 is 0 Å². The van der Waals surface area contributed by atoms with Crippen LogP contribution in [0.4, 0.5) is 4.39 Å². The van der Waals surface area contributed by atoms with E-state index in [0.717, 1.165) is 0 Å². The van der Waals surface area contributed by atoms with Crippen LogP contribution in [0.5, 0.6) is 0 Å². The number of nitrogens with one attached hydrogen (secondary N) is 2. The maximum atomic E-state index is 12.9. The number of carbonyl (C=O) groups is 2. The summed E-state index contributed by atoms with van der Waals surface area (Å²) >= 11 is 1.18. The highest BCUT2D eigenvalue weighted by atomic mass is 32.1. The number of hydrogen-bond acceptors (Lipinski definition) is 5. The van der Waals surface area contributed by atoms with Gasteiger partial charge in [-0.1, -0.05) is 6.07 Å². The Labute approximate surface area is 146 Å². The number of hydrazine groups is 1. The number of aryl methyl sites for hydroxylation is 1. The number of nitrogens with zero attached hydrogens (tertiary/aromatic N) is 2. The second kappa shape index (κ2) is 7.18. The summed E-state index contributed by atoms with van der Waals surface area (Å²) in [6, 6.07) is 10.4. The number of hydrogen-bond donors (Lipinski definition) is 2. The Balaban J connectivity index is 1.68. The first-order chi connectivity index (χ1) is 12.0. The van der Waals surface area contributed by atoms with Crippen molar-refractivity contribution in [3.8, 4) is 10.7 Å². The molecular weight excluding hydrogens is 343 g/mol. The van der Waals surface area contributed by atoms with Crippen LogP contribution in [0, 0.1) is 12.7 Å². The number of amides is 2. The Hall–Kier alpha value is -3.13. The van der Waals surface area contributed by atoms with Gasteiger partial charge in [-0.05, 0) is 43.3 Å². The molecule has 2 aromatic heterocycles. The van der Waals surface area contributed by atoms with Crippen LogP contribution in [0.3, 0.4) is 0 Å². The van der Waals surface area contributed by atoms with Crippen molar-refractivity contribution >= 4 is 23.2 Å². The van der Waals surface area contributed by atoms with E-state index in [1.807, 2.05) is 6.07 Å². The lowest BCUT2D eigenvalue weighted by atomic mass is 10.2. The molecule has 2 heterocycles. The van der Waals surface area contributed by atoms with Gasteiger partial charge in [0.2, 0.25) is 0 Å². The quantitative estimate of drug-likeness (QED) is 0.707. The minimum absolute atomic E-state index is 0.233. The molecule has 2 amide bonds. The summed E-state index contributed by atoms with van der Waals surface area (Å²) in [7, 11) is 0. The van der Waals surface area contributed by atoms with Crippen molar-refractivity contribution in [2.24, 2.45) is 0 Å². The van der Waals surface area contributed by atoms with Gasteiger partial charge in [-0.15, -0.1) is 11.3 Å². The smallest absolute Gasteiger partial charge is 0.267 e. The van der Waals surface area contributed by atoms with Crippen molar-refractivity contribution in [3.05, 3.63) is 70.6 Å². The van der Waals surface area contributed by atoms with Crippen LogP contribution >= 0.6 is 11.3 Å². The molecule has 0 aliphatic rings. The fraction of sp³-hybridized carbons (Fsp3) is 0.0588. The summed E-state index contributed by atoms with van der Waals surface area (Å²) in [5, 5.41) is 0.619. The zero-order chi connectivity index (χ0) is 17.8. The highest BCUT2D eigenvalue weighted by Crippen LogP contribution is 2.26. The SMILES string of the molecule is Cc1nc(-c2ccccn2)sc1C(=O)NNC(=O)c1ccc(F)cc1. The molecule has 0 atom stereocenters. The maximum absolute atomic E-state index is 12.9. The van der Waals surface area contributed by atoms with Crippen molar-refractivity contribution in [1.29, 1.82) is 0 Å². The second-order valence-corrected chi connectivity index (χ2v) is 6.06. The molecule has 0 aliphatic carbocycles. The molecule has 126 valence electrons. The molecular formula is C17H13FN4O2S. The summed E-state index contributed by atoms with van der Waals surface area (Å²) in [4.78, 5) is 33.1. The fourth-order valence-electron chi connectivity index (χ4n) is 2.05. The standard InChI is InChI=1S/C17H13FN4O2S/c1-10-14(25-17(20-10)13-4-2-3-9-19-13)16(24)22-21-15(23)11-5-7-12(18)8-6-11/h2-9H,1H3,(H,21,23)(H,22,24). The van der Waals surface area contributed by atoms with E-state index in [1.54, 1.807) is 25.3 Å². The van der Waals surface area contributed by atoms with E-state index in [4.69, 9.17) is 0 Å². The van der Waals surface area contributed by atoms with Gasteiger partial charge in [-0.25, -0.2) is 9.37 Å². The summed E-state index contributed by atoms with van der Waals surface area (Å²) < 4.78 is 12.9. The minimum Gasteiger partial charge on any atom is -0.267 e. The Morgan fingerprint density at radius 1 is 1.04 bits per heavy atom. The zero-order valence-electron chi connectivity index (χ0n) is 13.1. The molecule has 3 aromatic rings. The molecule has 0 saturated heterocycles. The number of aromatic nitrogens is 2. The van der Waals surface area contributed by atoms with Gasteiger partial charge in [0.1, 0.15) is 15.7 Å². The van der Waals surface area contributed by atoms with Crippen LogP contribution < -0.4 is 10.9 Å². The average molecular weight is 356 g/mol. The van der Waals surface area contributed by atoms with Gasteiger partial charge in [0, 0.05) is 11.8 Å². The van der Waals surface area contributed by atoms with Crippen LogP contribution in [0.2, 0.25) is 0 Å². The molecule has 3 rings (SSSR count). The summed E-state index contributed by atoms with van der Waals surface area (Å²) in [6.45, 7) is 1.71. The molecule has 0 fully saturated rings. The van der Waals surface area contributed by atoms with Crippen molar-refractivity contribution in [3.63, 3.8) is 0 Å². The molecule has 0 spiro atoms. The first kappa shape index (κ1) is 16.7. The molecule has 0 unspecified atom stereocenters. The van der Waals surface area contributed by atoms with E-state index < -0.39 is 17.6 Å². The van der Waals surface area contributed by atoms with Gasteiger partial charge >= 0.3 is 0 Å². The van der Waals surface area contributed by atoms with Crippen molar-refractivity contribution in [1.82, 2.24) is 20.8 Å². The number of rotatable bonds is 3. The molecule has 8 heteroatoms. The van der Waals surface area contributed by atoms with Gasteiger partial charge in [-0.3, -0.25) is 25.4 Å². The third-order valence-electron chi connectivity index (χ3n) is 3.28. The highest BCUT2D eigenvalue weighted by Gasteiger charge is 2.17. The van der Waals surface area contributed by atoms with E-state index in [-0.39, 0.29) is 5.56 Å². The van der Waals surface area contributed by atoms with Gasteiger partial charge in [0.15, 0.2) is 0 Å². The first-order valence-corrected chi connectivity index (χ1v) is 8.11. The number of benzene rings is 1. The van der Waals surface area contributed by atoms with Gasteiger partial charge in [0.05, 0.1) is 11.4 Å². The van der Waals surface area contributed by atoms with E-state index in [1.165, 1.54) is 35.6 Å². The highest BCUT2D eigenvalue weighted by molar-refractivity contribution is 7.17. The van der Waals surface area contributed by atoms with E-state index in [0.29, 0.717) is 21.3 Å². The van der Waals surface area contributed by atoms with Crippen molar-refractivity contribution < 1.29 is 14.0 Å². The Morgan fingerprint density at radius 3 is 2.44 bits per heavy atom. The van der Waals surface area contributed by atoms with Crippen molar-refractivity contribution in [2.75, 3.05) is 0 Å². The summed E-state index contributed by atoms with van der Waals surface area (Å²) in [5.74, 6) is -1.46. The molecule has 0 saturated carbocycles. The lowest BCUT2D eigenvalue weighted by molar-refractivity contribution is 0.0848. The van der Waals surface area contributed by atoms with Crippen molar-refractivity contribution in [2.45, 2.75) is 6.92 Å². The van der Waals surface area contributed by atoms with Gasteiger partial charge in [-0.2, -0.15) is 0 Å². The molecule has 1 aromatic carbocycles. The summed E-state index contributed by atoms with van der Waals surface area (Å²) in [6.07, 6.45) is 1.65. The normalized spacial score (nSPS) is 10.3. The monoisotopic (exact) mass is 356 g/mol. The molecule has 2 N–H and O–H groups in total. The van der Waals surface area contributed by atoms with Crippen LogP contribution in [-0.4, -0.2) is 21.8 Å². The Morgan fingerprint density at radius 2 is 1.76 bits per heavy atom. The fourth-order valence-corrected chi connectivity index (χ4v) is 2.99. The minimum atomic E-state index is -0.541.